The number of morpholine rings is 1. The van der Waals surface area contributed by atoms with Gasteiger partial charge in [0.1, 0.15) is 0 Å². The fraction of sp³-hybridized carbons (Fsp3) is 0.600. The van der Waals surface area contributed by atoms with Gasteiger partial charge in [0.05, 0.1) is 16.9 Å². The van der Waals surface area contributed by atoms with Crippen molar-refractivity contribution in [1.82, 2.24) is 0 Å². The molecule has 19 heavy (non-hydrogen) atoms. The van der Waals surface area contributed by atoms with Gasteiger partial charge in [-0.05, 0) is 61.3 Å². The van der Waals surface area contributed by atoms with Crippen LogP contribution in [0.3, 0.4) is 0 Å². The summed E-state index contributed by atoms with van der Waals surface area (Å²) in [4.78, 5) is 2.41. The van der Waals surface area contributed by atoms with E-state index in [1.165, 1.54) is 11.3 Å². The minimum Gasteiger partial charge on any atom is -0.366 e. The van der Waals surface area contributed by atoms with Crippen molar-refractivity contribution >= 4 is 37.5 Å². The van der Waals surface area contributed by atoms with E-state index in [1.54, 1.807) is 0 Å². The van der Waals surface area contributed by atoms with E-state index in [-0.39, 0.29) is 11.2 Å². The van der Waals surface area contributed by atoms with Gasteiger partial charge in [0.25, 0.3) is 0 Å². The summed E-state index contributed by atoms with van der Waals surface area (Å²) in [5, 5.41) is 0.881. The molecule has 0 atom stereocenters. The van der Waals surface area contributed by atoms with Crippen LogP contribution in [0.2, 0.25) is 0 Å². The summed E-state index contributed by atoms with van der Waals surface area (Å²) >= 11 is 7.19. The minimum atomic E-state index is -0.130. The normalized spacial score (nSPS) is 21.5. The number of alkyl halides is 1. The first-order chi connectivity index (χ1) is 8.72. The number of halogens is 2. The minimum absolute atomic E-state index is 0.130. The fourth-order valence-corrected chi connectivity index (χ4v) is 3.87. The van der Waals surface area contributed by atoms with Gasteiger partial charge in [0, 0.05) is 22.9 Å². The van der Waals surface area contributed by atoms with Crippen LogP contribution in [-0.2, 0) is 10.1 Å². The summed E-state index contributed by atoms with van der Waals surface area (Å²) in [6.45, 7) is 10.4. The Bertz CT molecular complexity index is 455. The Morgan fingerprint density at radius 1 is 1.16 bits per heavy atom. The number of rotatable bonds is 2. The molecule has 0 aliphatic carbocycles. The maximum atomic E-state index is 6.13. The Morgan fingerprint density at radius 3 is 2.21 bits per heavy atom. The van der Waals surface area contributed by atoms with Crippen LogP contribution in [0.15, 0.2) is 22.7 Å². The zero-order valence-corrected chi connectivity index (χ0v) is 15.1. The molecule has 1 aromatic carbocycles. The van der Waals surface area contributed by atoms with Crippen molar-refractivity contribution < 1.29 is 4.74 Å². The van der Waals surface area contributed by atoms with Crippen LogP contribution < -0.4 is 4.90 Å². The molecule has 1 fully saturated rings. The molecule has 0 radical (unpaired) electrons. The van der Waals surface area contributed by atoms with Gasteiger partial charge in [-0.25, -0.2) is 0 Å². The third kappa shape index (κ3) is 3.73. The lowest BCUT2D eigenvalue weighted by Crippen LogP contribution is -2.57. The average molecular weight is 391 g/mol. The number of hydrogen-bond acceptors (Lipinski definition) is 2. The van der Waals surface area contributed by atoms with Crippen molar-refractivity contribution in [3.05, 3.63) is 28.2 Å². The Morgan fingerprint density at radius 2 is 1.74 bits per heavy atom. The molecule has 4 heteroatoms. The largest absolute Gasteiger partial charge is 0.366 e. The molecule has 1 heterocycles. The number of anilines is 1. The summed E-state index contributed by atoms with van der Waals surface area (Å²) in [6.07, 6.45) is 0. The second kappa shape index (κ2) is 5.38. The van der Waals surface area contributed by atoms with Crippen LogP contribution in [0, 0.1) is 0 Å². The Hall–Kier alpha value is -0.0600. The van der Waals surface area contributed by atoms with E-state index >= 15 is 0 Å². The van der Waals surface area contributed by atoms with Crippen LogP contribution >= 0.6 is 31.9 Å². The highest BCUT2D eigenvalue weighted by atomic mass is 79.9. The quantitative estimate of drug-likeness (QED) is 0.676. The molecule has 1 saturated heterocycles. The lowest BCUT2D eigenvalue weighted by atomic mass is 9.98. The molecule has 0 unspecified atom stereocenters. The van der Waals surface area contributed by atoms with Gasteiger partial charge in [0.2, 0.25) is 0 Å². The summed E-state index contributed by atoms with van der Waals surface area (Å²) in [6, 6.07) is 6.54. The predicted molar refractivity (Wildman–Crippen MR) is 88.2 cm³/mol. The van der Waals surface area contributed by atoms with E-state index in [1.807, 2.05) is 0 Å². The predicted octanol–water partition coefficient (Wildman–Crippen LogP) is 4.74. The highest BCUT2D eigenvalue weighted by Crippen LogP contribution is 2.35. The molecule has 106 valence electrons. The van der Waals surface area contributed by atoms with E-state index in [2.05, 4.69) is 82.7 Å². The summed E-state index contributed by atoms with van der Waals surface area (Å²) in [5.74, 6) is 0. The van der Waals surface area contributed by atoms with E-state index in [4.69, 9.17) is 4.74 Å². The standard InChI is InChI=1S/C15H21Br2NO/c1-14(2)9-18(10-15(3,4)19-14)13-6-5-11(8-16)7-12(13)17/h5-7H,8-10H2,1-4H3. The first-order valence-electron chi connectivity index (χ1n) is 6.52. The van der Waals surface area contributed by atoms with Gasteiger partial charge >= 0.3 is 0 Å². The molecule has 0 spiro atoms. The molecule has 0 aromatic heterocycles. The van der Waals surface area contributed by atoms with Crippen molar-refractivity contribution in [3.63, 3.8) is 0 Å². The van der Waals surface area contributed by atoms with E-state index in [0.717, 1.165) is 22.9 Å². The molecule has 2 nitrogen and oxygen atoms in total. The monoisotopic (exact) mass is 389 g/mol. The van der Waals surface area contributed by atoms with Gasteiger partial charge in [-0.1, -0.05) is 22.0 Å². The highest BCUT2D eigenvalue weighted by Gasteiger charge is 2.38. The molecule has 1 aromatic rings. The van der Waals surface area contributed by atoms with Crippen LogP contribution in [-0.4, -0.2) is 24.3 Å². The van der Waals surface area contributed by atoms with Crippen LogP contribution in [0.4, 0.5) is 5.69 Å². The lowest BCUT2D eigenvalue weighted by molar-refractivity contribution is -0.133. The van der Waals surface area contributed by atoms with Gasteiger partial charge in [-0.3, -0.25) is 0 Å². The van der Waals surface area contributed by atoms with Crippen molar-refractivity contribution in [3.8, 4) is 0 Å². The second-order valence-electron chi connectivity index (χ2n) is 6.40. The molecule has 2 rings (SSSR count). The number of nitrogens with zero attached hydrogens (tertiary/aromatic N) is 1. The first-order valence-corrected chi connectivity index (χ1v) is 8.43. The first kappa shape index (κ1) is 15.3. The third-order valence-corrected chi connectivity index (χ3v) is 4.49. The van der Waals surface area contributed by atoms with Crippen molar-refractivity contribution in [1.29, 1.82) is 0 Å². The zero-order chi connectivity index (χ0) is 14.3. The molecule has 0 bridgehead atoms. The van der Waals surface area contributed by atoms with E-state index in [0.29, 0.717) is 0 Å². The molecule has 1 aliphatic heterocycles. The van der Waals surface area contributed by atoms with Gasteiger partial charge in [-0.15, -0.1) is 0 Å². The zero-order valence-electron chi connectivity index (χ0n) is 12.0. The fourth-order valence-electron chi connectivity index (χ4n) is 2.85. The van der Waals surface area contributed by atoms with Gasteiger partial charge < -0.3 is 9.64 Å². The molecule has 0 N–H and O–H groups in total. The summed E-state index contributed by atoms with van der Waals surface area (Å²) in [5.41, 5.74) is 2.27. The van der Waals surface area contributed by atoms with Gasteiger partial charge in [-0.2, -0.15) is 0 Å². The van der Waals surface area contributed by atoms with Gasteiger partial charge in [0.15, 0.2) is 0 Å². The summed E-state index contributed by atoms with van der Waals surface area (Å²) < 4.78 is 7.28. The van der Waals surface area contributed by atoms with Crippen molar-refractivity contribution in [2.24, 2.45) is 0 Å². The molecule has 0 amide bonds. The SMILES string of the molecule is CC1(C)CN(c2ccc(CBr)cc2Br)CC(C)(C)O1. The molecular formula is C15H21Br2NO. The Labute approximate surface area is 132 Å². The van der Waals surface area contributed by atoms with E-state index in [9.17, 15) is 0 Å². The van der Waals surface area contributed by atoms with Crippen molar-refractivity contribution in [2.75, 3.05) is 18.0 Å². The maximum absolute atomic E-state index is 6.13. The van der Waals surface area contributed by atoms with Crippen LogP contribution in [0.25, 0.3) is 0 Å². The lowest BCUT2D eigenvalue weighted by Gasteiger charge is -2.48. The smallest absolute Gasteiger partial charge is 0.0808 e. The van der Waals surface area contributed by atoms with Crippen LogP contribution in [0.5, 0.6) is 0 Å². The Kier molecular flexibility index (Phi) is 4.34. The number of benzene rings is 1. The Balaban J connectivity index is 2.31. The average Bonchev–Trinajstić information content (AvgIpc) is 2.24. The molecule has 1 aliphatic rings. The molecular weight excluding hydrogens is 370 g/mol. The second-order valence-corrected chi connectivity index (χ2v) is 7.81. The van der Waals surface area contributed by atoms with E-state index < -0.39 is 0 Å². The number of ether oxygens (including phenoxy) is 1. The maximum Gasteiger partial charge on any atom is 0.0808 e. The third-order valence-electron chi connectivity index (χ3n) is 3.20. The molecule has 0 saturated carbocycles. The van der Waals surface area contributed by atoms with Crippen molar-refractivity contribution in [2.45, 2.75) is 44.2 Å². The highest BCUT2D eigenvalue weighted by molar-refractivity contribution is 9.10. The topological polar surface area (TPSA) is 12.5 Å². The number of hydrogen-bond donors (Lipinski definition) is 0. The van der Waals surface area contributed by atoms with Crippen LogP contribution in [0.1, 0.15) is 33.3 Å². The summed E-state index contributed by atoms with van der Waals surface area (Å²) in [7, 11) is 0.